The van der Waals surface area contributed by atoms with Gasteiger partial charge in [0.15, 0.2) is 0 Å². The van der Waals surface area contributed by atoms with E-state index in [-0.39, 0.29) is 5.56 Å². The van der Waals surface area contributed by atoms with Crippen LogP contribution in [0.2, 0.25) is 0 Å². The highest BCUT2D eigenvalue weighted by atomic mass is 19.4. The van der Waals surface area contributed by atoms with Crippen LogP contribution in [0.4, 0.5) is 17.6 Å². The monoisotopic (exact) mass is 293 g/mol. The molecule has 0 saturated carbocycles. The summed E-state index contributed by atoms with van der Waals surface area (Å²) in [4.78, 5) is 22.6. The highest BCUT2D eigenvalue weighted by Gasteiger charge is 2.31. The molecule has 0 aromatic heterocycles. The maximum Gasteiger partial charge on any atom is 0.416 e. The lowest BCUT2D eigenvalue weighted by Gasteiger charge is -2.17. The quantitative estimate of drug-likeness (QED) is 0.866. The minimum absolute atomic E-state index is 0.264. The smallest absolute Gasteiger partial charge is 0.416 e. The van der Waals surface area contributed by atoms with Gasteiger partial charge in [-0.3, -0.25) is 9.59 Å². The van der Waals surface area contributed by atoms with Crippen LogP contribution in [0.1, 0.15) is 17.3 Å². The summed E-state index contributed by atoms with van der Waals surface area (Å²) < 4.78 is 50.7. The molecule has 0 radical (unpaired) electrons. The number of likely N-dealkylation sites (N-methyl/N-ethyl adjacent to an activating group) is 1. The third-order valence-corrected chi connectivity index (χ3v) is 2.50. The summed E-state index contributed by atoms with van der Waals surface area (Å²) in [5.74, 6) is -2.45. The predicted octanol–water partition coefficient (Wildman–Crippen LogP) is 2.26. The molecule has 1 atom stereocenters. The van der Waals surface area contributed by atoms with E-state index < -0.39 is 36.3 Å². The number of carboxylic acid groups (broad SMARTS) is 1. The van der Waals surface area contributed by atoms with Crippen LogP contribution >= 0.6 is 0 Å². The number of halogens is 4. The standard InChI is InChI=1S/C12H11F4NO3/c1-17(6-9(18)19)11(20)10(13)7-2-4-8(5-3-7)12(14,15)16/h2-5,10H,6H2,1H3,(H,18,19). The molecule has 1 rings (SSSR count). The molecule has 0 fully saturated rings. The number of amides is 1. The van der Waals surface area contributed by atoms with Crippen LogP contribution in [-0.2, 0) is 15.8 Å². The van der Waals surface area contributed by atoms with E-state index in [0.717, 1.165) is 19.2 Å². The van der Waals surface area contributed by atoms with Crippen LogP contribution in [0, 0.1) is 0 Å². The van der Waals surface area contributed by atoms with Crippen molar-refractivity contribution in [2.75, 3.05) is 13.6 Å². The summed E-state index contributed by atoms with van der Waals surface area (Å²) in [5.41, 5.74) is -1.22. The molecule has 8 heteroatoms. The molecule has 0 bridgehead atoms. The minimum Gasteiger partial charge on any atom is -0.480 e. The first-order valence-electron chi connectivity index (χ1n) is 5.41. The first kappa shape index (κ1) is 15.9. The van der Waals surface area contributed by atoms with Crippen molar-refractivity contribution in [3.63, 3.8) is 0 Å². The van der Waals surface area contributed by atoms with Gasteiger partial charge in [-0.2, -0.15) is 13.2 Å². The molecule has 1 aromatic carbocycles. The number of aliphatic carboxylic acids is 1. The molecular formula is C12H11F4NO3. The zero-order valence-corrected chi connectivity index (χ0v) is 10.3. The number of carbonyl (C=O) groups excluding carboxylic acids is 1. The third-order valence-electron chi connectivity index (χ3n) is 2.50. The number of benzene rings is 1. The topological polar surface area (TPSA) is 57.6 Å². The summed E-state index contributed by atoms with van der Waals surface area (Å²) in [6.07, 6.45) is -6.75. The van der Waals surface area contributed by atoms with Gasteiger partial charge in [0.25, 0.3) is 5.91 Å². The van der Waals surface area contributed by atoms with Crippen molar-refractivity contribution >= 4 is 11.9 Å². The molecule has 1 N–H and O–H groups in total. The Labute approximate surface area is 111 Å². The number of alkyl halides is 4. The fraction of sp³-hybridized carbons (Fsp3) is 0.333. The number of rotatable bonds is 4. The molecule has 20 heavy (non-hydrogen) atoms. The molecule has 1 aromatic rings. The number of carbonyl (C=O) groups is 2. The fourth-order valence-electron chi connectivity index (χ4n) is 1.46. The third kappa shape index (κ3) is 3.94. The number of hydrogen-bond donors (Lipinski definition) is 1. The average Bonchev–Trinajstić information content (AvgIpc) is 2.35. The molecule has 1 unspecified atom stereocenters. The maximum atomic E-state index is 13.8. The van der Waals surface area contributed by atoms with Crippen molar-refractivity contribution in [1.29, 1.82) is 0 Å². The van der Waals surface area contributed by atoms with Crippen molar-refractivity contribution in [2.45, 2.75) is 12.3 Å². The number of nitrogens with zero attached hydrogens (tertiary/aromatic N) is 1. The van der Waals surface area contributed by atoms with E-state index in [1.807, 2.05) is 0 Å². The molecule has 110 valence electrons. The van der Waals surface area contributed by atoms with Gasteiger partial charge in [-0.25, -0.2) is 4.39 Å². The Morgan fingerprint density at radius 2 is 1.75 bits per heavy atom. The van der Waals surface area contributed by atoms with E-state index in [2.05, 4.69) is 0 Å². The molecule has 0 aliphatic carbocycles. The summed E-state index contributed by atoms with van der Waals surface area (Å²) in [6.45, 7) is -0.695. The number of carboxylic acids is 1. The van der Waals surface area contributed by atoms with Gasteiger partial charge in [0.2, 0.25) is 6.17 Å². The van der Waals surface area contributed by atoms with Gasteiger partial charge in [-0.1, -0.05) is 12.1 Å². The van der Waals surface area contributed by atoms with Gasteiger partial charge in [-0.15, -0.1) is 0 Å². The molecule has 4 nitrogen and oxygen atoms in total. The van der Waals surface area contributed by atoms with Crippen molar-refractivity contribution in [3.8, 4) is 0 Å². The van der Waals surface area contributed by atoms with Gasteiger partial charge in [0.05, 0.1) is 5.56 Å². The second-order valence-electron chi connectivity index (χ2n) is 4.07. The average molecular weight is 293 g/mol. The normalized spacial score (nSPS) is 12.8. The van der Waals surface area contributed by atoms with Crippen molar-refractivity contribution in [1.82, 2.24) is 4.90 Å². The lowest BCUT2D eigenvalue weighted by atomic mass is 10.1. The molecular weight excluding hydrogens is 282 g/mol. The summed E-state index contributed by atoms with van der Waals surface area (Å²) in [6, 6.07) is 3.01. The Balaban J connectivity index is 2.84. The Hall–Kier alpha value is -2.12. The Bertz CT molecular complexity index is 498. The van der Waals surface area contributed by atoms with Crippen LogP contribution in [0.5, 0.6) is 0 Å². The van der Waals surface area contributed by atoms with Gasteiger partial charge < -0.3 is 10.0 Å². The molecule has 0 aliphatic rings. The van der Waals surface area contributed by atoms with Gasteiger partial charge in [0.1, 0.15) is 6.54 Å². The first-order valence-corrected chi connectivity index (χ1v) is 5.41. The number of hydrogen-bond acceptors (Lipinski definition) is 2. The van der Waals surface area contributed by atoms with E-state index in [9.17, 15) is 27.2 Å². The highest BCUT2D eigenvalue weighted by molar-refractivity contribution is 5.85. The maximum absolute atomic E-state index is 13.8. The second kappa shape index (κ2) is 5.89. The zero-order chi connectivity index (χ0) is 15.5. The summed E-state index contributed by atoms with van der Waals surface area (Å²) in [5, 5.41) is 8.47. The highest BCUT2D eigenvalue weighted by Crippen LogP contribution is 2.30. The van der Waals surface area contributed by atoms with E-state index in [4.69, 9.17) is 5.11 Å². The van der Waals surface area contributed by atoms with Crippen LogP contribution < -0.4 is 0 Å². The van der Waals surface area contributed by atoms with Crippen molar-refractivity contribution in [3.05, 3.63) is 35.4 Å². The van der Waals surface area contributed by atoms with Crippen LogP contribution in [0.15, 0.2) is 24.3 Å². The van der Waals surface area contributed by atoms with E-state index >= 15 is 0 Å². The summed E-state index contributed by atoms with van der Waals surface area (Å²) in [7, 11) is 1.09. The van der Waals surface area contributed by atoms with Gasteiger partial charge >= 0.3 is 12.1 Å². The minimum atomic E-state index is -4.55. The van der Waals surface area contributed by atoms with Crippen LogP contribution in [-0.4, -0.2) is 35.5 Å². The van der Waals surface area contributed by atoms with E-state index in [1.54, 1.807) is 0 Å². The van der Waals surface area contributed by atoms with Crippen LogP contribution in [0.3, 0.4) is 0 Å². The Morgan fingerprint density at radius 1 is 1.25 bits per heavy atom. The zero-order valence-electron chi connectivity index (χ0n) is 10.3. The van der Waals surface area contributed by atoms with Gasteiger partial charge in [-0.05, 0) is 17.7 Å². The molecule has 0 heterocycles. The van der Waals surface area contributed by atoms with Crippen LogP contribution in [0.25, 0.3) is 0 Å². The fourth-order valence-corrected chi connectivity index (χ4v) is 1.46. The van der Waals surface area contributed by atoms with Crippen molar-refractivity contribution in [2.24, 2.45) is 0 Å². The van der Waals surface area contributed by atoms with E-state index in [1.165, 1.54) is 0 Å². The van der Waals surface area contributed by atoms with Crippen molar-refractivity contribution < 1.29 is 32.3 Å². The summed E-state index contributed by atoms with van der Waals surface area (Å²) >= 11 is 0. The first-order chi connectivity index (χ1) is 9.12. The predicted molar refractivity (Wildman–Crippen MR) is 60.6 cm³/mol. The van der Waals surface area contributed by atoms with E-state index in [0.29, 0.717) is 17.0 Å². The molecule has 0 spiro atoms. The molecule has 0 saturated heterocycles. The lowest BCUT2D eigenvalue weighted by molar-refractivity contribution is -0.145. The SMILES string of the molecule is CN(CC(=O)O)C(=O)C(F)c1ccc(C(F)(F)F)cc1. The van der Waals surface area contributed by atoms with Gasteiger partial charge in [0, 0.05) is 7.05 Å². The Morgan fingerprint density at radius 3 is 2.15 bits per heavy atom. The largest absolute Gasteiger partial charge is 0.480 e. The molecule has 0 aliphatic heterocycles. The second-order valence-corrected chi connectivity index (χ2v) is 4.07. The molecule has 1 amide bonds. The lowest BCUT2D eigenvalue weighted by Crippen LogP contribution is -2.34. The Kier molecular flexibility index (Phi) is 4.69.